The molecule has 130 valence electrons. The lowest BCUT2D eigenvalue weighted by atomic mass is 9.99. The smallest absolute Gasteiger partial charge is 0.354 e. The van der Waals surface area contributed by atoms with Crippen molar-refractivity contribution in [3.05, 3.63) is 41.7 Å². The molecule has 0 aliphatic heterocycles. The standard InChI is InChI=1S/C19H20N2O4/c1-19(2,25)9-5-8-15(22)17-16-12(10-14(21-17)18(23)24)11-6-3-4-7-13(11)20-16/h3-4,6-7,10,20,25H,5,8-9H2,1-2H3,(H,23,24). The fraction of sp³-hybridized carbons (Fsp3) is 0.316. The maximum absolute atomic E-state index is 12.6. The van der Waals surface area contributed by atoms with Gasteiger partial charge in [-0.15, -0.1) is 0 Å². The second-order valence-electron chi connectivity index (χ2n) is 6.84. The van der Waals surface area contributed by atoms with Crippen LogP contribution in [0.2, 0.25) is 0 Å². The number of aromatic nitrogens is 2. The van der Waals surface area contributed by atoms with Gasteiger partial charge in [0.15, 0.2) is 5.78 Å². The van der Waals surface area contributed by atoms with Crippen molar-refractivity contribution >= 4 is 33.6 Å². The van der Waals surface area contributed by atoms with E-state index in [1.165, 1.54) is 6.07 Å². The van der Waals surface area contributed by atoms with Crippen LogP contribution in [0.25, 0.3) is 21.8 Å². The van der Waals surface area contributed by atoms with E-state index in [-0.39, 0.29) is 23.6 Å². The Balaban J connectivity index is 2.06. The predicted molar refractivity (Wildman–Crippen MR) is 95.0 cm³/mol. The molecule has 6 heteroatoms. The maximum atomic E-state index is 12.6. The molecule has 1 aromatic carbocycles. The van der Waals surface area contributed by atoms with Crippen molar-refractivity contribution in [3.63, 3.8) is 0 Å². The van der Waals surface area contributed by atoms with Crippen molar-refractivity contribution in [2.75, 3.05) is 0 Å². The summed E-state index contributed by atoms with van der Waals surface area (Å²) in [6, 6.07) is 8.97. The van der Waals surface area contributed by atoms with E-state index in [1.807, 2.05) is 24.3 Å². The molecule has 2 aromatic heterocycles. The van der Waals surface area contributed by atoms with Crippen LogP contribution in [0.3, 0.4) is 0 Å². The number of carbonyl (C=O) groups excluding carboxylic acids is 1. The molecule has 0 fully saturated rings. The summed E-state index contributed by atoms with van der Waals surface area (Å²) in [5.41, 5.74) is 0.532. The van der Waals surface area contributed by atoms with Gasteiger partial charge in [-0.05, 0) is 38.8 Å². The van der Waals surface area contributed by atoms with E-state index in [0.29, 0.717) is 23.7 Å². The van der Waals surface area contributed by atoms with Gasteiger partial charge in [0.1, 0.15) is 11.4 Å². The predicted octanol–water partition coefficient (Wildman–Crippen LogP) is 3.54. The Kier molecular flexibility index (Phi) is 4.30. The van der Waals surface area contributed by atoms with Gasteiger partial charge in [0.2, 0.25) is 0 Å². The first-order valence-electron chi connectivity index (χ1n) is 8.16. The summed E-state index contributed by atoms with van der Waals surface area (Å²) in [5, 5.41) is 20.6. The lowest BCUT2D eigenvalue weighted by molar-refractivity contribution is 0.0668. The maximum Gasteiger partial charge on any atom is 0.354 e. The first-order chi connectivity index (χ1) is 11.8. The summed E-state index contributed by atoms with van der Waals surface area (Å²) >= 11 is 0. The number of nitrogens with one attached hydrogen (secondary N) is 1. The van der Waals surface area contributed by atoms with Gasteiger partial charge in [-0.3, -0.25) is 4.79 Å². The molecule has 0 saturated carbocycles. The number of carboxylic acids is 1. The van der Waals surface area contributed by atoms with Gasteiger partial charge in [-0.2, -0.15) is 0 Å². The number of benzene rings is 1. The molecular weight excluding hydrogens is 320 g/mol. The molecule has 0 amide bonds. The highest BCUT2D eigenvalue weighted by Gasteiger charge is 2.20. The van der Waals surface area contributed by atoms with Crippen molar-refractivity contribution in [1.29, 1.82) is 0 Å². The topological polar surface area (TPSA) is 103 Å². The monoisotopic (exact) mass is 340 g/mol. The molecule has 0 bridgehead atoms. The van der Waals surface area contributed by atoms with E-state index in [1.54, 1.807) is 13.8 Å². The highest BCUT2D eigenvalue weighted by molar-refractivity contribution is 6.15. The zero-order valence-electron chi connectivity index (χ0n) is 14.2. The number of carbonyl (C=O) groups is 2. The fourth-order valence-electron chi connectivity index (χ4n) is 2.96. The largest absolute Gasteiger partial charge is 0.477 e. The highest BCUT2D eigenvalue weighted by atomic mass is 16.4. The molecule has 25 heavy (non-hydrogen) atoms. The Morgan fingerprint density at radius 2 is 1.92 bits per heavy atom. The van der Waals surface area contributed by atoms with Crippen LogP contribution in [0, 0.1) is 0 Å². The van der Waals surface area contributed by atoms with E-state index in [0.717, 1.165) is 10.9 Å². The minimum absolute atomic E-state index is 0.141. The molecule has 0 unspecified atom stereocenters. The number of hydrogen-bond acceptors (Lipinski definition) is 4. The number of pyridine rings is 1. The van der Waals surface area contributed by atoms with Crippen LogP contribution < -0.4 is 0 Å². The molecule has 0 spiro atoms. The van der Waals surface area contributed by atoms with Crippen LogP contribution in [0.4, 0.5) is 0 Å². The van der Waals surface area contributed by atoms with E-state index in [4.69, 9.17) is 0 Å². The van der Waals surface area contributed by atoms with Crippen LogP contribution in [-0.4, -0.2) is 37.5 Å². The molecule has 0 aliphatic rings. The number of H-pyrrole nitrogens is 1. The Bertz CT molecular complexity index is 967. The molecule has 3 rings (SSSR count). The van der Waals surface area contributed by atoms with Crippen molar-refractivity contribution in [2.24, 2.45) is 0 Å². The summed E-state index contributed by atoms with van der Waals surface area (Å²) in [6.07, 6.45) is 1.18. The Morgan fingerprint density at radius 3 is 2.60 bits per heavy atom. The number of aromatic amines is 1. The minimum atomic E-state index is -1.17. The van der Waals surface area contributed by atoms with Gasteiger partial charge in [-0.25, -0.2) is 9.78 Å². The fourth-order valence-corrected chi connectivity index (χ4v) is 2.96. The van der Waals surface area contributed by atoms with Gasteiger partial charge in [-0.1, -0.05) is 18.2 Å². The third kappa shape index (κ3) is 3.53. The zero-order chi connectivity index (χ0) is 18.2. The van der Waals surface area contributed by atoms with Gasteiger partial charge >= 0.3 is 5.97 Å². The van der Waals surface area contributed by atoms with Crippen LogP contribution in [0.5, 0.6) is 0 Å². The molecule has 3 N–H and O–H groups in total. The SMILES string of the molecule is CC(C)(O)CCCC(=O)c1nc(C(=O)O)cc2c1[nH]c1ccccc12. The van der Waals surface area contributed by atoms with Crippen molar-refractivity contribution in [3.8, 4) is 0 Å². The van der Waals surface area contributed by atoms with Gasteiger partial charge in [0.25, 0.3) is 0 Å². The van der Waals surface area contributed by atoms with E-state index >= 15 is 0 Å². The number of aliphatic hydroxyl groups is 1. The molecule has 6 nitrogen and oxygen atoms in total. The highest BCUT2D eigenvalue weighted by Crippen LogP contribution is 2.28. The number of para-hydroxylation sites is 1. The van der Waals surface area contributed by atoms with E-state index < -0.39 is 11.6 Å². The average Bonchev–Trinajstić information content (AvgIpc) is 2.91. The number of hydrogen-bond donors (Lipinski definition) is 3. The Hall–Kier alpha value is -2.73. The van der Waals surface area contributed by atoms with E-state index in [9.17, 15) is 19.8 Å². The summed E-state index contributed by atoms with van der Waals surface area (Å²) in [6.45, 7) is 3.38. The lowest BCUT2D eigenvalue weighted by Crippen LogP contribution is -2.18. The second-order valence-corrected chi connectivity index (χ2v) is 6.84. The third-order valence-electron chi connectivity index (χ3n) is 4.17. The summed E-state index contributed by atoms with van der Waals surface area (Å²) in [5.74, 6) is -1.40. The Morgan fingerprint density at radius 1 is 1.20 bits per heavy atom. The molecular formula is C19H20N2O4. The zero-order valence-corrected chi connectivity index (χ0v) is 14.2. The van der Waals surface area contributed by atoms with Crippen LogP contribution >= 0.6 is 0 Å². The lowest BCUT2D eigenvalue weighted by Gasteiger charge is -2.16. The van der Waals surface area contributed by atoms with Crippen molar-refractivity contribution < 1.29 is 19.8 Å². The molecule has 0 radical (unpaired) electrons. The van der Waals surface area contributed by atoms with Crippen molar-refractivity contribution in [1.82, 2.24) is 9.97 Å². The summed E-state index contributed by atoms with van der Waals surface area (Å²) in [7, 11) is 0. The number of fused-ring (bicyclic) bond motifs is 3. The summed E-state index contributed by atoms with van der Waals surface area (Å²) in [4.78, 5) is 31.3. The minimum Gasteiger partial charge on any atom is -0.477 e. The molecule has 0 saturated heterocycles. The van der Waals surface area contributed by atoms with Crippen LogP contribution in [-0.2, 0) is 0 Å². The number of nitrogens with zero attached hydrogens (tertiary/aromatic N) is 1. The Labute approximate surface area is 144 Å². The molecule has 2 heterocycles. The van der Waals surface area contributed by atoms with Gasteiger partial charge in [0.05, 0.1) is 11.1 Å². The first kappa shape index (κ1) is 17.1. The van der Waals surface area contributed by atoms with Gasteiger partial charge < -0.3 is 15.2 Å². The molecule has 0 aliphatic carbocycles. The normalized spacial score (nSPS) is 12.0. The van der Waals surface area contributed by atoms with Crippen molar-refractivity contribution in [2.45, 2.75) is 38.7 Å². The molecule has 3 aromatic rings. The van der Waals surface area contributed by atoms with Gasteiger partial charge in [0, 0.05) is 22.7 Å². The first-order valence-corrected chi connectivity index (χ1v) is 8.16. The molecule has 0 atom stereocenters. The average molecular weight is 340 g/mol. The third-order valence-corrected chi connectivity index (χ3v) is 4.17. The number of rotatable bonds is 6. The number of Topliss-reactive ketones (excluding diaryl/α,β-unsaturated/α-hetero) is 1. The number of aromatic carboxylic acids is 1. The second kappa shape index (κ2) is 6.29. The number of ketones is 1. The number of carboxylic acid groups (broad SMARTS) is 1. The van der Waals surface area contributed by atoms with Crippen LogP contribution in [0.15, 0.2) is 30.3 Å². The van der Waals surface area contributed by atoms with E-state index in [2.05, 4.69) is 9.97 Å². The quantitative estimate of drug-likeness (QED) is 0.596. The summed E-state index contributed by atoms with van der Waals surface area (Å²) < 4.78 is 0. The van der Waals surface area contributed by atoms with Crippen LogP contribution in [0.1, 0.15) is 54.1 Å².